The van der Waals surface area contributed by atoms with E-state index in [2.05, 4.69) is 13.8 Å². The molecule has 0 saturated heterocycles. The van der Waals surface area contributed by atoms with Crippen LogP contribution >= 0.6 is 0 Å². The number of carbonyl (C=O) groups is 3. The maximum absolute atomic E-state index is 12.4. The molecule has 0 amide bonds. The first-order valence-electron chi connectivity index (χ1n) is 21.0. The summed E-state index contributed by atoms with van der Waals surface area (Å²) in [5.74, 6) is -1.33. The molecule has 0 radical (unpaired) electrons. The van der Waals surface area contributed by atoms with Gasteiger partial charge in [0.25, 0.3) is 0 Å². The number of ketones is 1. The van der Waals surface area contributed by atoms with Gasteiger partial charge < -0.3 is 24.8 Å². The fourth-order valence-corrected chi connectivity index (χ4v) is 6.77. The van der Waals surface area contributed by atoms with Crippen molar-refractivity contribution < 1.29 is 39.2 Å². The van der Waals surface area contributed by atoms with Crippen molar-refractivity contribution in [2.24, 2.45) is 11.8 Å². The van der Waals surface area contributed by atoms with Crippen molar-refractivity contribution in [3.05, 3.63) is 24.3 Å². The number of aliphatic hydroxyl groups is 3. The summed E-state index contributed by atoms with van der Waals surface area (Å²) in [6.07, 6.45) is 33.1. The van der Waals surface area contributed by atoms with Gasteiger partial charge in [-0.25, -0.2) is 0 Å². The highest BCUT2D eigenvalue weighted by Crippen LogP contribution is 2.33. The van der Waals surface area contributed by atoms with Crippen molar-refractivity contribution in [3.8, 4) is 0 Å². The van der Waals surface area contributed by atoms with Crippen LogP contribution in [0.25, 0.3) is 0 Å². The molecular weight excluding hydrogens is 644 g/mol. The number of aliphatic hydroxyl groups excluding tert-OH is 3. The average molecular weight is 721 g/mol. The third-order valence-electron chi connectivity index (χ3n) is 10.1. The van der Waals surface area contributed by atoms with Crippen LogP contribution in [-0.4, -0.2) is 64.6 Å². The molecule has 0 aromatic rings. The van der Waals surface area contributed by atoms with E-state index in [9.17, 15) is 29.7 Å². The summed E-state index contributed by atoms with van der Waals surface area (Å²) in [6, 6.07) is 0. The maximum atomic E-state index is 12.4. The van der Waals surface area contributed by atoms with Gasteiger partial charge in [-0.2, -0.15) is 0 Å². The lowest BCUT2D eigenvalue weighted by molar-refractivity contribution is -0.152. The topological polar surface area (TPSA) is 130 Å². The number of esters is 2. The summed E-state index contributed by atoms with van der Waals surface area (Å²) < 4.78 is 10.3. The molecule has 0 aromatic heterocycles. The van der Waals surface area contributed by atoms with E-state index in [0.717, 1.165) is 38.5 Å². The lowest BCUT2D eigenvalue weighted by atomic mass is 9.90. The monoisotopic (exact) mass is 721 g/mol. The van der Waals surface area contributed by atoms with Crippen molar-refractivity contribution >= 4 is 17.7 Å². The minimum atomic E-state index is -1.05. The zero-order valence-corrected chi connectivity index (χ0v) is 32.6. The van der Waals surface area contributed by atoms with E-state index < -0.39 is 24.3 Å². The lowest BCUT2D eigenvalue weighted by Crippen LogP contribution is -2.25. The second kappa shape index (κ2) is 32.6. The van der Waals surface area contributed by atoms with Crippen LogP contribution in [0.2, 0.25) is 0 Å². The van der Waals surface area contributed by atoms with Gasteiger partial charge in [0, 0.05) is 31.1 Å². The number of Topliss-reactive ketones (excluding diaryl/α,β-unsaturated/α-hetero) is 1. The average Bonchev–Trinajstić information content (AvgIpc) is 3.39. The van der Waals surface area contributed by atoms with Gasteiger partial charge in [-0.1, -0.05) is 160 Å². The van der Waals surface area contributed by atoms with Crippen LogP contribution in [0.5, 0.6) is 0 Å². The summed E-state index contributed by atoms with van der Waals surface area (Å²) >= 11 is 0. The molecule has 1 saturated carbocycles. The van der Waals surface area contributed by atoms with Crippen molar-refractivity contribution in [2.75, 3.05) is 13.2 Å². The molecule has 1 aliphatic carbocycles. The van der Waals surface area contributed by atoms with Crippen LogP contribution < -0.4 is 0 Å². The Balaban J connectivity index is 2.01. The number of hydrogen-bond acceptors (Lipinski definition) is 8. The first kappa shape index (κ1) is 47.0. The van der Waals surface area contributed by atoms with E-state index in [1.807, 2.05) is 12.2 Å². The highest BCUT2D eigenvalue weighted by molar-refractivity contribution is 5.84. The Hall–Kier alpha value is -2.03. The highest BCUT2D eigenvalue weighted by Gasteiger charge is 2.39. The number of ether oxygens (including phenoxy) is 2. The van der Waals surface area contributed by atoms with Crippen LogP contribution in [0.15, 0.2) is 24.3 Å². The molecule has 1 aliphatic rings. The molecule has 8 heteroatoms. The second-order valence-electron chi connectivity index (χ2n) is 14.9. The summed E-state index contributed by atoms with van der Waals surface area (Å²) in [5.41, 5.74) is 0. The fraction of sp³-hybridized carbons (Fsp3) is 0.837. The minimum absolute atomic E-state index is 0.0329. The van der Waals surface area contributed by atoms with Gasteiger partial charge in [-0.15, -0.1) is 0 Å². The van der Waals surface area contributed by atoms with Gasteiger partial charge in [0.1, 0.15) is 25.1 Å². The van der Waals surface area contributed by atoms with Crippen LogP contribution in [-0.2, 0) is 23.9 Å². The Kier molecular flexibility index (Phi) is 30.0. The van der Waals surface area contributed by atoms with Gasteiger partial charge in [0.05, 0.1) is 12.2 Å². The van der Waals surface area contributed by atoms with Crippen LogP contribution in [0.4, 0.5) is 0 Å². The SMILES string of the molecule is CCCCCCCCCCCCCCCCCCCC(=O)OC[C@H](O)COC(=O)CCC/C=C\C[C@H]1C(=O)C[C@@H](O)[C@@H]1/C=C/[C@@H](O)CCCCC. The highest BCUT2D eigenvalue weighted by atomic mass is 16.6. The normalized spacial score (nSPS) is 18.9. The van der Waals surface area contributed by atoms with Crippen molar-refractivity contribution in [1.82, 2.24) is 0 Å². The van der Waals surface area contributed by atoms with Gasteiger partial charge in [-0.05, 0) is 32.1 Å². The molecule has 0 bridgehead atoms. The van der Waals surface area contributed by atoms with Gasteiger partial charge in [0.15, 0.2) is 0 Å². The molecule has 0 spiro atoms. The zero-order valence-electron chi connectivity index (χ0n) is 32.6. The summed E-state index contributed by atoms with van der Waals surface area (Å²) in [4.78, 5) is 36.5. The van der Waals surface area contributed by atoms with E-state index in [-0.39, 0.29) is 49.6 Å². The second-order valence-corrected chi connectivity index (χ2v) is 14.9. The third kappa shape index (κ3) is 26.4. The Morgan fingerprint density at radius 3 is 1.69 bits per heavy atom. The molecule has 8 nitrogen and oxygen atoms in total. The molecule has 0 heterocycles. The summed E-state index contributed by atoms with van der Waals surface area (Å²) in [5, 5.41) is 30.6. The Bertz CT molecular complexity index is 931. The Morgan fingerprint density at radius 2 is 1.16 bits per heavy atom. The number of unbranched alkanes of at least 4 members (excludes halogenated alkanes) is 19. The van der Waals surface area contributed by atoms with E-state index in [1.165, 1.54) is 89.9 Å². The quantitative estimate of drug-likeness (QED) is 0.0340. The predicted octanol–water partition coefficient (Wildman–Crippen LogP) is 9.66. The summed E-state index contributed by atoms with van der Waals surface area (Å²) in [6.45, 7) is 3.98. The lowest BCUT2D eigenvalue weighted by Gasteiger charge is -2.16. The maximum Gasteiger partial charge on any atom is 0.305 e. The third-order valence-corrected chi connectivity index (χ3v) is 10.1. The Labute approximate surface area is 311 Å². The van der Waals surface area contributed by atoms with Crippen molar-refractivity contribution in [1.29, 1.82) is 0 Å². The van der Waals surface area contributed by atoms with Crippen LogP contribution in [0, 0.1) is 11.8 Å². The van der Waals surface area contributed by atoms with Crippen molar-refractivity contribution in [2.45, 2.75) is 206 Å². The first-order valence-corrected chi connectivity index (χ1v) is 21.0. The first-order chi connectivity index (χ1) is 24.8. The molecule has 296 valence electrons. The van der Waals surface area contributed by atoms with Crippen molar-refractivity contribution in [3.63, 3.8) is 0 Å². The van der Waals surface area contributed by atoms with Gasteiger partial charge >= 0.3 is 11.9 Å². The molecule has 1 rings (SSSR count). The standard InChI is InChI=1S/C43H76O8/c1-3-5-7-8-9-10-11-12-13-14-15-16-17-18-19-20-25-29-42(48)50-34-37(45)35-51-43(49)30-26-22-21-24-28-38-39(41(47)33-40(38)46)32-31-36(44)27-23-6-4-2/h21,24,31-32,36-39,41,44-45,47H,3-20,22-23,25-30,33-35H2,1-2H3/b24-21-,32-31+/t36-,37-,38+,39+,41+/m0/s1. The van der Waals surface area contributed by atoms with E-state index in [4.69, 9.17) is 9.47 Å². The van der Waals surface area contributed by atoms with Crippen LogP contribution in [0.3, 0.4) is 0 Å². The smallest absolute Gasteiger partial charge is 0.305 e. The van der Waals surface area contributed by atoms with Crippen LogP contribution in [0.1, 0.15) is 187 Å². The number of hydrogen-bond donors (Lipinski definition) is 3. The molecule has 0 aromatic carbocycles. The molecular formula is C43H76O8. The minimum Gasteiger partial charge on any atom is -0.463 e. The molecule has 51 heavy (non-hydrogen) atoms. The molecule has 0 unspecified atom stereocenters. The van der Waals surface area contributed by atoms with Gasteiger partial charge in [0.2, 0.25) is 0 Å². The molecule has 3 N–H and O–H groups in total. The predicted molar refractivity (Wildman–Crippen MR) is 206 cm³/mol. The number of rotatable bonds is 34. The number of carbonyl (C=O) groups excluding carboxylic acids is 3. The van der Waals surface area contributed by atoms with E-state index in [1.54, 1.807) is 12.2 Å². The largest absolute Gasteiger partial charge is 0.463 e. The fourth-order valence-electron chi connectivity index (χ4n) is 6.77. The molecule has 1 fully saturated rings. The Morgan fingerprint density at radius 1 is 0.686 bits per heavy atom. The van der Waals surface area contributed by atoms with E-state index in [0.29, 0.717) is 32.1 Å². The van der Waals surface area contributed by atoms with Gasteiger partial charge in [-0.3, -0.25) is 14.4 Å². The number of allylic oxidation sites excluding steroid dienone is 2. The molecule has 0 aliphatic heterocycles. The van der Waals surface area contributed by atoms with E-state index >= 15 is 0 Å². The zero-order chi connectivity index (χ0) is 37.4. The summed E-state index contributed by atoms with van der Waals surface area (Å²) in [7, 11) is 0. The molecule has 5 atom stereocenters.